The fraction of sp³-hybridized carbons (Fsp3) is 0.333. The number of rotatable bonds is 3. The summed E-state index contributed by atoms with van der Waals surface area (Å²) in [6.07, 6.45) is 0.493. The quantitative estimate of drug-likeness (QED) is 0.805. The van der Waals surface area contributed by atoms with E-state index in [1.807, 2.05) is 30.3 Å². The van der Waals surface area contributed by atoms with E-state index in [9.17, 15) is 5.11 Å². The number of nitrogens with two attached hydrogens (primary N) is 1. The zero-order valence-electron chi connectivity index (χ0n) is 8.73. The molecule has 2 rings (SSSR count). The summed E-state index contributed by atoms with van der Waals surface area (Å²) in [6.45, 7) is 2.15. The first-order chi connectivity index (χ1) is 7.13. The number of hydrogen-bond acceptors (Lipinski definition) is 3. The largest absolute Gasteiger partial charge is 0.458 e. The first kappa shape index (κ1) is 10.2. The molecule has 0 aliphatic carbocycles. The average Bonchev–Trinajstić information content (AvgIpc) is 2.61. The Morgan fingerprint density at radius 2 is 2.13 bits per heavy atom. The van der Waals surface area contributed by atoms with Crippen molar-refractivity contribution in [1.29, 1.82) is 0 Å². The van der Waals surface area contributed by atoms with Gasteiger partial charge in [0.2, 0.25) is 0 Å². The van der Waals surface area contributed by atoms with Gasteiger partial charge in [0.25, 0.3) is 0 Å². The highest BCUT2D eigenvalue weighted by molar-refractivity contribution is 5.77. The molecular formula is C12H15NO2. The second-order valence-corrected chi connectivity index (χ2v) is 3.96. The lowest BCUT2D eigenvalue weighted by atomic mass is 9.99. The fourth-order valence-electron chi connectivity index (χ4n) is 1.65. The van der Waals surface area contributed by atoms with Crippen LogP contribution in [0.15, 0.2) is 34.7 Å². The average molecular weight is 205 g/mol. The number of fused-ring (bicyclic) bond motifs is 1. The number of furan rings is 1. The normalized spacial score (nSPS) is 15.4. The van der Waals surface area contributed by atoms with Crippen LogP contribution in [0.4, 0.5) is 0 Å². The zero-order valence-corrected chi connectivity index (χ0v) is 8.73. The molecule has 0 radical (unpaired) electrons. The van der Waals surface area contributed by atoms with Gasteiger partial charge in [0.15, 0.2) is 0 Å². The maximum atomic E-state index is 10.1. The van der Waals surface area contributed by atoms with Crippen LogP contribution in [-0.4, -0.2) is 11.7 Å². The van der Waals surface area contributed by atoms with Crippen LogP contribution in [0.2, 0.25) is 0 Å². The van der Waals surface area contributed by atoms with Gasteiger partial charge in [-0.05, 0) is 32.0 Å². The molecule has 0 aliphatic heterocycles. The molecule has 2 aromatic rings. The van der Waals surface area contributed by atoms with Crippen molar-refractivity contribution in [3.05, 3.63) is 36.1 Å². The predicted molar refractivity (Wildman–Crippen MR) is 59.5 cm³/mol. The minimum atomic E-state index is -0.978. The lowest BCUT2D eigenvalue weighted by molar-refractivity contribution is 0.0293. The summed E-state index contributed by atoms with van der Waals surface area (Å²) in [6, 6.07) is 9.57. The third kappa shape index (κ3) is 1.89. The van der Waals surface area contributed by atoms with Gasteiger partial charge in [0.1, 0.15) is 16.9 Å². The third-order valence-corrected chi connectivity index (χ3v) is 2.59. The van der Waals surface area contributed by atoms with Gasteiger partial charge in [-0.15, -0.1) is 0 Å². The summed E-state index contributed by atoms with van der Waals surface area (Å²) in [5.41, 5.74) is 5.26. The molecule has 0 saturated heterocycles. The van der Waals surface area contributed by atoms with E-state index in [-0.39, 0.29) is 0 Å². The van der Waals surface area contributed by atoms with E-state index in [1.54, 1.807) is 6.92 Å². The highest BCUT2D eigenvalue weighted by Crippen LogP contribution is 2.29. The number of para-hydroxylation sites is 1. The minimum absolute atomic E-state index is 0.435. The van der Waals surface area contributed by atoms with E-state index in [1.165, 1.54) is 0 Å². The van der Waals surface area contributed by atoms with Gasteiger partial charge in [-0.1, -0.05) is 18.2 Å². The van der Waals surface area contributed by atoms with E-state index >= 15 is 0 Å². The van der Waals surface area contributed by atoms with Gasteiger partial charge < -0.3 is 15.3 Å². The van der Waals surface area contributed by atoms with E-state index in [0.717, 1.165) is 11.0 Å². The second kappa shape index (κ2) is 3.68. The van der Waals surface area contributed by atoms with Crippen molar-refractivity contribution in [2.45, 2.75) is 18.9 Å². The first-order valence-electron chi connectivity index (χ1n) is 5.05. The van der Waals surface area contributed by atoms with Crippen molar-refractivity contribution in [3.8, 4) is 0 Å². The van der Waals surface area contributed by atoms with Gasteiger partial charge in [0, 0.05) is 5.39 Å². The van der Waals surface area contributed by atoms with Gasteiger partial charge in [-0.2, -0.15) is 0 Å². The van der Waals surface area contributed by atoms with Crippen LogP contribution in [0.25, 0.3) is 11.0 Å². The molecular weight excluding hydrogens is 190 g/mol. The molecule has 1 aromatic heterocycles. The first-order valence-corrected chi connectivity index (χ1v) is 5.05. The number of benzene rings is 1. The summed E-state index contributed by atoms with van der Waals surface area (Å²) >= 11 is 0. The fourth-order valence-corrected chi connectivity index (χ4v) is 1.65. The molecule has 0 aliphatic rings. The Labute approximate surface area is 88.5 Å². The van der Waals surface area contributed by atoms with Crippen molar-refractivity contribution >= 4 is 11.0 Å². The molecule has 3 nitrogen and oxygen atoms in total. The van der Waals surface area contributed by atoms with Crippen molar-refractivity contribution < 1.29 is 9.52 Å². The predicted octanol–water partition coefficient (Wildman–Crippen LogP) is 1.99. The maximum Gasteiger partial charge on any atom is 0.136 e. The van der Waals surface area contributed by atoms with Crippen molar-refractivity contribution in [2.75, 3.05) is 6.54 Å². The Bertz CT molecular complexity index is 426. The molecule has 3 N–H and O–H groups in total. The van der Waals surface area contributed by atoms with Crippen molar-refractivity contribution in [1.82, 2.24) is 0 Å². The molecule has 0 bridgehead atoms. The highest BCUT2D eigenvalue weighted by atomic mass is 16.4. The second-order valence-electron chi connectivity index (χ2n) is 3.96. The van der Waals surface area contributed by atoms with Crippen LogP contribution >= 0.6 is 0 Å². The SMILES string of the molecule is CC(O)(CCN)c1cc2ccccc2o1. The topological polar surface area (TPSA) is 59.4 Å². The smallest absolute Gasteiger partial charge is 0.136 e. The molecule has 0 saturated carbocycles. The van der Waals surface area contributed by atoms with E-state index in [4.69, 9.17) is 10.2 Å². The Morgan fingerprint density at radius 1 is 1.40 bits per heavy atom. The molecule has 1 aromatic carbocycles. The van der Waals surface area contributed by atoms with Crippen LogP contribution in [0.3, 0.4) is 0 Å². The lowest BCUT2D eigenvalue weighted by Gasteiger charge is -2.19. The van der Waals surface area contributed by atoms with Gasteiger partial charge in [0.05, 0.1) is 0 Å². The Morgan fingerprint density at radius 3 is 2.80 bits per heavy atom. The Kier molecular flexibility index (Phi) is 2.50. The molecule has 0 spiro atoms. The standard InChI is InChI=1S/C12H15NO2/c1-12(14,6-7-13)11-8-9-4-2-3-5-10(9)15-11/h2-5,8,14H,6-7,13H2,1H3. The van der Waals surface area contributed by atoms with Gasteiger partial charge >= 0.3 is 0 Å². The molecule has 15 heavy (non-hydrogen) atoms. The molecule has 0 amide bonds. The van der Waals surface area contributed by atoms with Crippen LogP contribution < -0.4 is 5.73 Å². The maximum absolute atomic E-state index is 10.1. The van der Waals surface area contributed by atoms with Crippen molar-refractivity contribution in [3.63, 3.8) is 0 Å². The van der Waals surface area contributed by atoms with Crippen LogP contribution in [0, 0.1) is 0 Å². The molecule has 1 atom stereocenters. The molecule has 1 unspecified atom stereocenters. The summed E-state index contributed by atoms with van der Waals surface area (Å²) in [7, 11) is 0. The Balaban J connectivity index is 2.44. The molecule has 80 valence electrons. The van der Waals surface area contributed by atoms with E-state index < -0.39 is 5.60 Å². The summed E-state index contributed by atoms with van der Waals surface area (Å²) in [5.74, 6) is 0.578. The van der Waals surface area contributed by atoms with E-state index in [0.29, 0.717) is 18.7 Å². The molecule has 3 heteroatoms. The van der Waals surface area contributed by atoms with E-state index in [2.05, 4.69) is 0 Å². The summed E-state index contributed by atoms with van der Waals surface area (Å²) in [5, 5.41) is 11.1. The molecule has 0 fully saturated rings. The van der Waals surface area contributed by atoms with Gasteiger partial charge in [-0.3, -0.25) is 0 Å². The third-order valence-electron chi connectivity index (χ3n) is 2.59. The van der Waals surface area contributed by atoms with Crippen molar-refractivity contribution in [2.24, 2.45) is 5.73 Å². The summed E-state index contributed by atoms with van der Waals surface area (Å²) < 4.78 is 5.58. The lowest BCUT2D eigenvalue weighted by Crippen LogP contribution is -2.24. The minimum Gasteiger partial charge on any atom is -0.458 e. The molecule has 1 heterocycles. The number of aliphatic hydroxyl groups is 1. The summed E-state index contributed by atoms with van der Waals surface area (Å²) in [4.78, 5) is 0. The van der Waals surface area contributed by atoms with Crippen LogP contribution in [-0.2, 0) is 5.60 Å². The number of hydrogen-bond donors (Lipinski definition) is 2. The zero-order chi connectivity index (χ0) is 10.9. The Hall–Kier alpha value is -1.32. The van der Waals surface area contributed by atoms with Crippen LogP contribution in [0.5, 0.6) is 0 Å². The monoisotopic (exact) mass is 205 g/mol. The van der Waals surface area contributed by atoms with Crippen LogP contribution in [0.1, 0.15) is 19.1 Å². The highest BCUT2D eigenvalue weighted by Gasteiger charge is 2.26. The van der Waals surface area contributed by atoms with Gasteiger partial charge in [-0.25, -0.2) is 0 Å².